The van der Waals surface area contributed by atoms with E-state index in [1.165, 1.54) is 6.07 Å². The van der Waals surface area contributed by atoms with Gasteiger partial charge in [-0.3, -0.25) is 0 Å². The number of hydrogen-bond acceptors (Lipinski definition) is 8. The number of nitriles is 1. The van der Waals surface area contributed by atoms with E-state index in [0.717, 1.165) is 25.1 Å². The highest BCUT2D eigenvalue weighted by Gasteiger charge is 2.36. The number of anilines is 4. The second kappa shape index (κ2) is 10.0. The average molecular weight is 473 g/mol. The number of carbonyl (C=O) groups is 1. The molecule has 2 aromatic heterocycles. The number of nitrogens with one attached hydrogen (secondary N) is 3. The summed E-state index contributed by atoms with van der Waals surface area (Å²) in [5.41, 5.74) is -0.0652. The van der Waals surface area contributed by atoms with Crippen molar-refractivity contribution in [3.8, 4) is 6.07 Å². The summed E-state index contributed by atoms with van der Waals surface area (Å²) in [5, 5.41) is 26.7. The van der Waals surface area contributed by atoms with Gasteiger partial charge in [0.25, 0.3) is 0 Å². The zero-order valence-corrected chi connectivity index (χ0v) is 18.5. The molecule has 0 aromatic carbocycles. The first kappa shape index (κ1) is 23.4. The van der Waals surface area contributed by atoms with E-state index >= 15 is 0 Å². The minimum atomic E-state index is -1.18. The Bertz CT molecular complexity index is 1100. The van der Waals surface area contributed by atoms with Crippen molar-refractivity contribution < 1.29 is 23.4 Å². The molecule has 0 radical (unpaired) electrons. The number of morpholine rings is 1. The predicted molar refractivity (Wildman–Crippen MR) is 120 cm³/mol. The molecule has 1 aliphatic carbocycles. The van der Waals surface area contributed by atoms with Gasteiger partial charge in [-0.25, -0.2) is 23.5 Å². The maximum absolute atomic E-state index is 14.8. The SMILES string of the molecule is C[C@H](NC(=O)O)[C@H](Nc1nc(Nc2cc(N3CCOCC3)ncc2F)c(C#N)cc1F)C1CC1. The quantitative estimate of drug-likeness (QED) is 0.456. The van der Waals surface area contributed by atoms with Crippen LogP contribution < -0.4 is 20.9 Å². The first-order valence-electron chi connectivity index (χ1n) is 11.0. The van der Waals surface area contributed by atoms with Crippen LogP contribution in [0.25, 0.3) is 0 Å². The van der Waals surface area contributed by atoms with Crippen molar-refractivity contribution in [2.24, 2.45) is 5.92 Å². The van der Waals surface area contributed by atoms with Crippen LogP contribution in [0.1, 0.15) is 25.3 Å². The Morgan fingerprint density at radius 2 is 2.00 bits per heavy atom. The van der Waals surface area contributed by atoms with Crippen LogP contribution in [-0.4, -0.2) is 59.6 Å². The molecule has 4 rings (SSSR count). The molecule has 12 heteroatoms. The highest BCUT2D eigenvalue weighted by Crippen LogP contribution is 2.36. The third-order valence-electron chi connectivity index (χ3n) is 5.85. The molecule has 2 fully saturated rings. The molecule has 10 nitrogen and oxygen atoms in total. The smallest absolute Gasteiger partial charge is 0.404 e. The van der Waals surface area contributed by atoms with E-state index in [1.54, 1.807) is 6.92 Å². The molecule has 180 valence electrons. The van der Waals surface area contributed by atoms with E-state index in [9.17, 15) is 18.8 Å². The van der Waals surface area contributed by atoms with Gasteiger partial charge in [0.05, 0.1) is 36.7 Å². The lowest BCUT2D eigenvalue weighted by Gasteiger charge is -2.28. The maximum Gasteiger partial charge on any atom is 0.404 e. The van der Waals surface area contributed by atoms with Crippen LogP contribution in [0.5, 0.6) is 0 Å². The van der Waals surface area contributed by atoms with Crippen LogP contribution in [0.3, 0.4) is 0 Å². The Hall–Kier alpha value is -3.72. The summed E-state index contributed by atoms with van der Waals surface area (Å²) in [6.45, 7) is 3.97. The number of nitrogens with zero attached hydrogens (tertiary/aromatic N) is 4. The Labute approximate surface area is 194 Å². The molecule has 1 aliphatic heterocycles. The van der Waals surface area contributed by atoms with Crippen LogP contribution in [0.15, 0.2) is 18.3 Å². The summed E-state index contributed by atoms with van der Waals surface area (Å²) in [7, 11) is 0. The Morgan fingerprint density at radius 3 is 2.65 bits per heavy atom. The molecule has 3 heterocycles. The van der Waals surface area contributed by atoms with Crippen LogP contribution in [0.4, 0.5) is 36.7 Å². The van der Waals surface area contributed by atoms with Crippen molar-refractivity contribution in [3.05, 3.63) is 35.5 Å². The lowest BCUT2D eigenvalue weighted by atomic mass is 10.0. The Balaban J connectivity index is 1.60. The zero-order chi connectivity index (χ0) is 24.2. The predicted octanol–water partition coefficient (Wildman–Crippen LogP) is 3.05. The van der Waals surface area contributed by atoms with Gasteiger partial charge in [0.2, 0.25) is 0 Å². The molecule has 1 saturated heterocycles. The molecule has 0 unspecified atom stereocenters. The standard InChI is InChI=1S/C22H25F2N7O3/c1-12(27-22(32)33)19(13-2-3-13)29-21-15(23)8-14(10-25)20(30-21)28-17-9-18(26-11-16(17)24)31-4-6-34-7-5-31/h8-9,11-13,19,27H,2-7H2,1H3,(H,32,33)(H2,26,28,29,30)/t12-,19-/m0/s1. The summed E-state index contributed by atoms with van der Waals surface area (Å²) >= 11 is 0. The van der Waals surface area contributed by atoms with E-state index < -0.39 is 29.8 Å². The highest BCUT2D eigenvalue weighted by molar-refractivity contribution is 5.68. The number of aromatic nitrogens is 2. The van der Waals surface area contributed by atoms with Crippen molar-refractivity contribution in [1.29, 1.82) is 5.26 Å². The fourth-order valence-corrected chi connectivity index (χ4v) is 3.94. The maximum atomic E-state index is 14.8. The number of hydrogen-bond donors (Lipinski definition) is 4. The molecular formula is C22H25F2N7O3. The van der Waals surface area contributed by atoms with E-state index in [4.69, 9.17) is 9.84 Å². The van der Waals surface area contributed by atoms with Crippen LogP contribution in [-0.2, 0) is 4.74 Å². The van der Waals surface area contributed by atoms with E-state index in [-0.39, 0.29) is 28.8 Å². The van der Waals surface area contributed by atoms with Gasteiger partial charge in [-0.15, -0.1) is 0 Å². The highest BCUT2D eigenvalue weighted by atomic mass is 19.1. The molecule has 1 saturated carbocycles. The van der Waals surface area contributed by atoms with Gasteiger partial charge in [-0.1, -0.05) is 0 Å². The van der Waals surface area contributed by atoms with Crippen molar-refractivity contribution in [1.82, 2.24) is 15.3 Å². The first-order valence-corrected chi connectivity index (χ1v) is 11.0. The zero-order valence-electron chi connectivity index (χ0n) is 18.5. The minimum absolute atomic E-state index is 0.0298. The lowest BCUT2D eigenvalue weighted by Crippen LogP contribution is -2.45. The number of amides is 1. The van der Waals surface area contributed by atoms with Crippen LogP contribution in [0, 0.1) is 28.9 Å². The van der Waals surface area contributed by atoms with Crippen LogP contribution in [0.2, 0.25) is 0 Å². The topological polar surface area (TPSA) is 135 Å². The second-order valence-corrected chi connectivity index (χ2v) is 8.32. The molecule has 2 atom stereocenters. The van der Waals surface area contributed by atoms with Crippen molar-refractivity contribution in [2.45, 2.75) is 31.8 Å². The van der Waals surface area contributed by atoms with E-state index in [2.05, 4.69) is 25.9 Å². The fraction of sp³-hybridized carbons (Fsp3) is 0.455. The number of pyridine rings is 2. The summed E-state index contributed by atoms with van der Waals surface area (Å²) in [4.78, 5) is 21.4. The molecule has 2 aromatic rings. The number of rotatable bonds is 8. The van der Waals surface area contributed by atoms with Gasteiger partial charge in [0, 0.05) is 25.2 Å². The molecule has 1 amide bonds. The lowest BCUT2D eigenvalue weighted by molar-refractivity contribution is 0.122. The number of carboxylic acid groups (broad SMARTS) is 1. The number of halogens is 2. The van der Waals surface area contributed by atoms with Gasteiger partial charge in [-0.05, 0) is 31.7 Å². The van der Waals surface area contributed by atoms with E-state index in [1.807, 2.05) is 11.0 Å². The summed E-state index contributed by atoms with van der Waals surface area (Å²) in [6.07, 6.45) is 1.64. The van der Waals surface area contributed by atoms with E-state index in [0.29, 0.717) is 32.1 Å². The molecule has 0 spiro atoms. The average Bonchev–Trinajstić information content (AvgIpc) is 3.65. The summed E-state index contributed by atoms with van der Waals surface area (Å²) in [5.74, 6) is -0.911. The van der Waals surface area contributed by atoms with Gasteiger partial charge in [0.15, 0.2) is 23.3 Å². The van der Waals surface area contributed by atoms with Gasteiger partial charge >= 0.3 is 6.09 Å². The van der Waals surface area contributed by atoms with Gasteiger partial charge in [-0.2, -0.15) is 5.26 Å². The minimum Gasteiger partial charge on any atom is -0.465 e. The van der Waals surface area contributed by atoms with Crippen molar-refractivity contribution >= 4 is 29.2 Å². The summed E-state index contributed by atoms with van der Waals surface area (Å²) < 4.78 is 34.7. The fourth-order valence-electron chi connectivity index (χ4n) is 3.94. The molecular weight excluding hydrogens is 448 g/mol. The summed E-state index contributed by atoms with van der Waals surface area (Å²) in [6, 6.07) is 3.48. The normalized spacial score (nSPS) is 17.4. The Kier molecular flexibility index (Phi) is 6.93. The first-order chi connectivity index (χ1) is 16.4. The Morgan fingerprint density at radius 1 is 1.26 bits per heavy atom. The van der Waals surface area contributed by atoms with Gasteiger partial charge < -0.3 is 30.7 Å². The largest absolute Gasteiger partial charge is 0.465 e. The third kappa shape index (κ3) is 5.43. The molecule has 34 heavy (non-hydrogen) atoms. The number of ether oxygens (including phenoxy) is 1. The van der Waals surface area contributed by atoms with Gasteiger partial charge in [0.1, 0.15) is 11.9 Å². The molecule has 2 aliphatic rings. The second-order valence-electron chi connectivity index (χ2n) is 8.32. The molecule has 4 N–H and O–H groups in total. The monoisotopic (exact) mass is 473 g/mol. The molecule has 0 bridgehead atoms. The third-order valence-corrected chi connectivity index (χ3v) is 5.85. The van der Waals surface area contributed by atoms with Crippen molar-refractivity contribution in [2.75, 3.05) is 41.8 Å². The van der Waals surface area contributed by atoms with Crippen LogP contribution >= 0.6 is 0 Å². The van der Waals surface area contributed by atoms with Crippen molar-refractivity contribution in [3.63, 3.8) is 0 Å².